The van der Waals surface area contributed by atoms with Gasteiger partial charge >= 0.3 is 18.3 Å². The van der Waals surface area contributed by atoms with Crippen LogP contribution in [-0.4, -0.2) is 31.5 Å². The maximum Gasteiger partial charge on any atom is 0.404 e. The van der Waals surface area contributed by atoms with Crippen molar-refractivity contribution >= 4 is 5.97 Å². The van der Waals surface area contributed by atoms with E-state index in [2.05, 4.69) is 6.58 Å². The molecule has 1 aromatic rings. The Morgan fingerprint density at radius 1 is 1.04 bits per heavy atom. The van der Waals surface area contributed by atoms with Gasteiger partial charge < -0.3 is 9.47 Å². The van der Waals surface area contributed by atoms with E-state index >= 15 is 0 Å². The van der Waals surface area contributed by atoms with E-state index in [0.29, 0.717) is 12.1 Å². The molecule has 0 radical (unpaired) electrons. The largest absolute Gasteiger partial charge is 0.490 e. The highest BCUT2D eigenvalue weighted by Gasteiger charge is 2.57. The molecule has 24 heavy (non-hydrogen) atoms. The summed E-state index contributed by atoms with van der Waals surface area (Å²) in [7, 11) is 0. The summed E-state index contributed by atoms with van der Waals surface area (Å²) in [5.41, 5.74) is -0.749. The lowest BCUT2D eigenvalue weighted by Gasteiger charge is -2.23. The van der Waals surface area contributed by atoms with Crippen LogP contribution in [0, 0.1) is 0 Å². The fraction of sp³-hybridized carbons (Fsp3) is 0.400. The van der Waals surface area contributed by atoms with Gasteiger partial charge in [-0.3, -0.25) is 0 Å². The number of alkyl halides is 6. The van der Waals surface area contributed by atoms with Crippen LogP contribution in [0.2, 0.25) is 0 Å². The first-order valence-corrected chi connectivity index (χ1v) is 6.61. The molecule has 0 bridgehead atoms. The zero-order valence-electron chi connectivity index (χ0n) is 12.5. The number of rotatable bonds is 6. The molecule has 0 aromatic heterocycles. The molecule has 1 aromatic carbocycles. The van der Waals surface area contributed by atoms with E-state index in [1.807, 2.05) is 0 Å². The van der Waals surface area contributed by atoms with Crippen LogP contribution in [0.4, 0.5) is 26.3 Å². The first-order valence-electron chi connectivity index (χ1n) is 6.61. The molecule has 0 aliphatic rings. The molecule has 0 saturated carbocycles. The van der Waals surface area contributed by atoms with Crippen LogP contribution in [0.5, 0.6) is 5.75 Å². The Morgan fingerprint density at radius 3 is 1.96 bits per heavy atom. The second kappa shape index (κ2) is 7.59. The van der Waals surface area contributed by atoms with Crippen molar-refractivity contribution in [1.82, 2.24) is 0 Å². The Labute approximate surface area is 133 Å². The Balaban J connectivity index is 2.68. The predicted octanol–water partition coefficient (Wildman–Crippen LogP) is 4.39. The Kier molecular flexibility index (Phi) is 6.28. The number of halogens is 6. The van der Waals surface area contributed by atoms with Crippen molar-refractivity contribution in [2.75, 3.05) is 13.2 Å². The molecule has 0 aliphatic carbocycles. The molecular weight excluding hydrogens is 342 g/mol. The third-order valence-electron chi connectivity index (χ3n) is 2.80. The number of hydrogen-bond acceptors (Lipinski definition) is 3. The summed E-state index contributed by atoms with van der Waals surface area (Å²) in [4.78, 5) is 11.1. The fourth-order valence-corrected chi connectivity index (χ4v) is 1.74. The van der Waals surface area contributed by atoms with Crippen molar-refractivity contribution in [2.24, 2.45) is 0 Å². The summed E-state index contributed by atoms with van der Waals surface area (Å²) in [5.74, 6) is -4.14. The van der Waals surface area contributed by atoms with Crippen LogP contribution < -0.4 is 4.74 Å². The van der Waals surface area contributed by atoms with Gasteiger partial charge in [0.25, 0.3) is 0 Å². The van der Waals surface area contributed by atoms with Crippen molar-refractivity contribution in [3.05, 3.63) is 42.0 Å². The normalized spacial score (nSPS) is 12.2. The maximum atomic E-state index is 12.6. The third kappa shape index (κ3) is 5.78. The molecule has 3 nitrogen and oxygen atoms in total. The molecule has 134 valence electrons. The molecule has 0 aliphatic heterocycles. The summed E-state index contributed by atoms with van der Waals surface area (Å²) < 4.78 is 85.3. The highest BCUT2D eigenvalue weighted by Crippen LogP contribution is 2.46. The number of ether oxygens (including phenoxy) is 2. The Morgan fingerprint density at radius 2 is 1.54 bits per heavy atom. The standard InChI is InChI=1S/C15H14F6O3/c1-9(2)13(22)24-8-7-23-11-5-3-10(4-6-11)12(14(16,17)18)15(19,20)21/h3-6,12H,1,7-8H2,2H3. The molecule has 0 saturated heterocycles. The lowest BCUT2D eigenvalue weighted by Crippen LogP contribution is -2.34. The number of carbonyl (C=O) groups is 1. The van der Waals surface area contributed by atoms with Crippen LogP contribution >= 0.6 is 0 Å². The van der Waals surface area contributed by atoms with Crippen LogP contribution in [0.1, 0.15) is 18.4 Å². The smallest absolute Gasteiger partial charge is 0.404 e. The lowest BCUT2D eigenvalue weighted by atomic mass is 9.98. The summed E-state index contributed by atoms with van der Waals surface area (Å²) in [5, 5.41) is 0. The van der Waals surface area contributed by atoms with Crippen LogP contribution in [0.3, 0.4) is 0 Å². The molecule has 9 heteroatoms. The zero-order chi connectivity index (χ0) is 18.5. The first kappa shape index (κ1) is 19.9. The van der Waals surface area contributed by atoms with Gasteiger partial charge in [0, 0.05) is 5.57 Å². The first-order chi connectivity index (χ1) is 10.9. The van der Waals surface area contributed by atoms with Crippen molar-refractivity contribution in [3.63, 3.8) is 0 Å². The molecular formula is C15H14F6O3. The number of hydrogen-bond donors (Lipinski definition) is 0. The molecule has 0 amide bonds. The SMILES string of the molecule is C=C(C)C(=O)OCCOc1ccc(C(C(F)(F)F)C(F)(F)F)cc1. The lowest BCUT2D eigenvalue weighted by molar-refractivity contribution is -0.253. The monoisotopic (exact) mass is 356 g/mol. The van der Waals surface area contributed by atoms with E-state index in [-0.39, 0.29) is 24.5 Å². The van der Waals surface area contributed by atoms with Gasteiger partial charge in [0.05, 0.1) is 0 Å². The minimum Gasteiger partial charge on any atom is -0.490 e. The minimum absolute atomic E-state index is 0.0493. The van der Waals surface area contributed by atoms with E-state index in [9.17, 15) is 31.1 Å². The average Bonchev–Trinajstić information content (AvgIpc) is 2.41. The van der Waals surface area contributed by atoms with Crippen LogP contribution in [0.25, 0.3) is 0 Å². The molecule has 0 fully saturated rings. The van der Waals surface area contributed by atoms with Crippen LogP contribution in [-0.2, 0) is 9.53 Å². The van der Waals surface area contributed by atoms with E-state index in [1.165, 1.54) is 6.92 Å². The molecule has 1 rings (SSSR count). The summed E-state index contributed by atoms with van der Waals surface area (Å²) in [6.45, 7) is 4.55. The van der Waals surface area contributed by atoms with E-state index in [4.69, 9.17) is 9.47 Å². The van der Waals surface area contributed by atoms with Crippen molar-refractivity contribution in [3.8, 4) is 5.75 Å². The van der Waals surface area contributed by atoms with Crippen LogP contribution in [0.15, 0.2) is 36.4 Å². The van der Waals surface area contributed by atoms with E-state index in [0.717, 1.165) is 12.1 Å². The van der Waals surface area contributed by atoms with Crippen molar-refractivity contribution in [1.29, 1.82) is 0 Å². The number of esters is 1. The van der Waals surface area contributed by atoms with Crippen molar-refractivity contribution in [2.45, 2.75) is 25.2 Å². The summed E-state index contributed by atoms with van der Waals surface area (Å²) >= 11 is 0. The van der Waals surface area contributed by atoms with E-state index in [1.54, 1.807) is 0 Å². The van der Waals surface area contributed by atoms with Gasteiger partial charge in [0.2, 0.25) is 0 Å². The Hall–Kier alpha value is -2.19. The summed E-state index contributed by atoms with van der Waals surface area (Å²) in [6.07, 6.45) is -10.9. The molecule has 0 unspecified atom stereocenters. The average molecular weight is 356 g/mol. The van der Waals surface area contributed by atoms with Gasteiger partial charge in [-0.05, 0) is 24.6 Å². The second-order valence-corrected chi connectivity index (χ2v) is 4.85. The highest BCUT2D eigenvalue weighted by atomic mass is 19.4. The van der Waals surface area contributed by atoms with Gasteiger partial charge in [-0.15, -0.1) is 0 Å². The quantitative estimate of drug-likeness (QED) is 0.328. The van der Waals surface area contributed by atoms with Gasteiger partial charge in [0.15, 0.2) is 5.92 Å². The fourth-order valence-electron chi connectivity index (χ4n) is 1.74. The maximum absolute atomic E-state index is 12.6. The van der Waals surface area contributed by atoms with Gasteiger partial charge in [0.1, 0.15) is 19.0 Å². The molecule has 0 N–H and O–H groups in total. The van der Waals surface area contributed by atoms with Gasteiger partial charge in [-0.2, -0.15) is 26.3 Å². The van der Waals surface area contributed by atoms with E-state index < -0.39 is 29.8 Å². The number of carbonyl (C=O) groups excluding carboxylic acids is 1. The number of benzene rings is 1. The zero-order valence-corrected chi connectivity index (χ0v) is 12.5. The topological polar surface area (TPSA) is 35.5 Å². The summed E-state index contributed by atoms with van der Waals surface area (Å²) in [6, 6.07) is 3.36. The molecule has 0 spiro atoms. The second-order valence-electron chi connectivity index (χ2n) is 4.85. The van der Waals surface area contributed by atoms with Crippen molar-refractivity contribution < 1.29 is 40.6 Å². The third-order valence-corrected chi connectivity index (χ3v) is 2.80. The minimum atomic E-state index is -5.45. The predicted molar refractivity (Wildman–Crippen MR) is 72.6 cm³/mol. The van der Waals surface area contributed by atoms with Gasteiger partial charge in [-0.1, -0.05) is 18.7 Å². The molecule has 0 heterocycles. The Bertz CT molecular complexity index is 560. The highest BCUT2D eigenvalue weighted by molar-refractivity contribution is 5.86. The molecule has 0 atom stereocenters. The van der Waals surface area contributed by atoms with Gasteiger partial charge in [-0.25, -0.2) is 4.79 Å².